The molecule has 3 heterocycles. The highest BCUT2D eigenvalue weighted by atomic mass is 16.5. The van der Waals surface area contributed by atoms with Crippen LogP contribution in [-0.2, 0) is 13.6 Å². The highest BCUT2D eigenvalue weighted by Crippen LogP contribution is 2.34. The van der Waals surface area contributed by atoms with Crippen LogP contribution < -0.4 is 14.8 Å². The molecule has 6 heteroatoms. The Balaban J connectivity index is 1.44. The third kappa shape index (κ3) is 4.45. The average Bonchev–Trinajstić information content (AvgIpc) is 2.89. The van der Waals surface area contributed by atoms with E-state index in [1.807, 2.05) is 17.8 Å². The lowest BCUT2D eigenvalue weighted by Gasteiger charge is -2.29. The van der Waals surface area contributed by atoms with Crippen LogP contribution in [0.2, 0.25) is 0 Å². The van der Waals surface area contributed by atoms with Gasteiger partial charge in [0.1, 0.15) is 0 Å². The highest BCUT2D eigenvalue weighted by Gasteiger charge is 2.18. The zero-order valence-corrected chi connectivity index (χ0v) is 16.4. The number of nitrogens with zero attached hydrogens (tertiary/aromatic N) is 3. The molecule has 0 aliphatic carbocycles. The molecule has 146 valence electrons. The maximum Gasteiger partial charge on any atom is 0.161 e. The van der Waals surface area contributed by atoms with Crippen molar-refractivity contribution < 1.29 is 9.47 Å². The summed E-state index contributed by atoms with van der Waals surface area (Å²) in [5, 5.41) is 8.36. The Bertz CT molecular complexity index is 766. The van der Waals surface area contributed by atoms with Crippen molar-refractivity contribution in [2.24, 2.45) is 13.0 Å². The van der Waals surface area contributed by atoms with Crippen molar-refractivity contribution in [2.75, 3.05) is 39.9 Å². The first-order valence-corrected chi connectivity index (χ1v) is 10.0. The molecule has 1 aromatic heterocycles. The molecule has 1 fully saturated rings. The summed E-state index contributed by atoms with van der Waals surface area (Å²) in [7, 11) is 4.19. The Morgan fingerprint density at radius 3 is 2.70 bits per heavy atom. The SMILES string of the molecule is CN1CCC(CNCc2cn(C)nc2-c2ccc3c(c2)OCCCO3)CC1. The summed E-state index contributed by atoms with van der Waals surface area (Å²) in [6.45, 7) is 5.74. The number of piperidine rings is 1. The smallest absolute Gasteiger partial charge is 0.161 e. The molecular formula is C21H30N4O2. The lowest BCUT2D eigenvalue weighted by molar-refractivity contribution is 0.216. The first-order chi connectivity index (χ1) is 13.2. The second-order valence-corrected chi connectivity index (χ2v) is 7.77. The van der Waals surface area contributed by atoms with Gasteiger partial charge in [-0.05, 0) is 63.6 Å². The van der Waals surface area contributed by atoms with Crippen LogP contribution in [0.1, 0.15) is 24.8 Å². The number of nitrogens with one attached hydrogen (secondary N) is 1. The molecule has 1 N–H and O–H groups in total. The summed E-state index contributed by atoms with van der Waals surface area (Å²) >= 11 is 0. The van der Waals surface area contributed by atoms with Crippen LogP contribution in [0.15, 0.2) is 24.4 Å². The number of ether oxygens (including phenoxy) is 2. The molecule has 0 saturated carbocycles. The standard InChI is InChI=1S/C21H30N4O2/c1-24-8-6-16(7-9-24)13-22-14-18-15-25(2)23-21(18)17-4-5-19-20(12-17)27-11-3-10-26-19/h4-5,12,15-16,22H,3,6-11,13-14H2,1-2H3. The maximum absolute atomic E-state index is 5.85. The number of hydrogen-bond acceptors (Lipinski definition) is 5. The monoisotopic (exact) mass is 370 g/mol. The van der Waals surface area contributed by atoms with E-state index in [0.29, 0.717) is 13.2 Å². The van der Waals surface area contributed by atoms with Crippen molar-refractivity contribution >= 4 is 0 Å². The zero-order valence-electron chi connectivity index (χ0n) is 16.4. The molecule has 1 aromatic carbocycles. The zero-order chi connectivity index (χ0) is 18.6. The molecule has 4 rings (SSSR count). The quantitative estimate of drug-likeness (QED) is 0.877. The van der Waals surface area contributed by atoms with Crippen LogP contribution in [0.5, 0.6) is 11.5 Å². The normalized spacial score (nSPS) is 18.4. The van der Waals surface area contributed by atoms with Crippen molar-refractivity contribution in [3.63, 3.8) is 0 Å². The minimum absolute atomic E-state index is 0.698. The van der Waals surface area contributed by atoms with Gasteiger partial charge in [-0.25, -0.2) is 0 Å². The minimum atomic E-state index is 0.698. The third-order valence-corrected chi connectivity index (χ3v) is 5.51. The molecule has 0 bridgehead atoms. The van der Waals surface area contributed by atoms with Crippen molar-refractivity contribution in [2.45, 2.75) is 25.8 Å². The second-order valence-electron chi connectivity index (χ2n) is 7.77. The summed E-state index contributed by atoms with van der Waals surface area (Å²) in [6.07, 6.45) is 5.59. The number of likely N-dealkylation sites (tertiary alicyclic amines) is 1. The molecule has 2 aromatic rings. The van der Waals surface area contributed by atoms with Gasteiger partial charge >= 0.3 is 0 Å². The lowest BCUT2D eigenvalue weighted by atomic mass is 9.97. The first kappa shape index (κ1) is 18.3. The lowest BCUT2D eigenvalue weighted by Crippen LogP contribution is -2.34. The van der Waals surface area contributed by atoms with Crippen LogP contribution in [0.4, 0.5) is 0 Å². The third-order valence-electron chi connectivity index (χ3n) is 5.51. The predicted octanol–water partition coefficient (Wildman–Crippen LogP) is 2.68. The van der Waals surface area contributed by atoms with Crippen molar-refractivity contribution in [3.05, 3.63) is 30.0 Å². The van der Waals surface area contributed by atoms with E-state index in [2.05, 4.69) is 35.6 Å². The number of rotatable bonds is 5. The van der Waals surface area contributed by atoms with E-state index >= 15 is 0 Å². The van der Waals surface area contributed by atoms with Crippen LogP contribution in [0, 0.1) is 5.92 Å². The van der Waals surface area contributed by atoms with Crippen molar-refractivity contribution in [1.29, 1.82) is 0 Å². The van der Waals surface area contributed by atoms with Gasteiger partial charge in [-0.3, -0.25) is 4.68 Å². The van der Waals surface area contributed by atoms with Crippen molar-refractivity contribution in [1.82, 2.24) is 20.0 Å². The molecular weight excluding hydrogens is 340 g/mol. The Morgan fingerprint density at radius 1 is 1.11 bits per heavy atom. The Kier molecular flexibility index (Phi) is 5.64. The Labute approximate surface area is 161 Å². The van der Waals surface area contributed by atoms with Gasteiger partial charge in [-0.2, -0.15) is 5.10 Å². The van der Waals surface area contributed by atoms with E-state index in [9.17, 15) is 0 Å². The number of aromatic nitrogens is 2. The van der Waals surface area contributed by atoms with Crippen LogP contribution in [0.3, 0.4) is 0 Å². The number of benzene rings is 1. The largest absolute Gasteiger partial charge is 0.490 e. The van der Waals surface area contributed by atoms with Crippen LogP contribution in [0.25, 0.3) is 11.3 Å². The average molecular weight is 370 g/mol. The fourth-order valence-corrected chi connectivity index (χ4v) is 3.90. The Hall–Kier alpha value is -2.05. The summed E-state index contributed by atoms with van der Waals surface area (Å²) < 4.78 is 13.5. The van der Waals surface area contributed by atoms with E-state index in [4.69, 9.17) is 14.6 Å². The fourth-order valence-electron chi connectivity index (χ4n) is 3.90. The number of aryl methyl sites for hydroxylation is 1. The number of hydrogen-bond donors (Lipinski definition) is 1. The first-order valence-electron chi connectivity index (χ1n) is 10.0. The Morgan fingerprint density at radius 2 is 1.89 bits per heavy atom. The highest BCUT2D eigenvalue weighted by molar-refractivity contribution is 5.66. The molecule has 0 unspecified atom stereocenters. The van der Waals surface area contributed by atoms with Gasteiger partial charge in [0.05, 0.1) is 18.9 Å². The molecule has 6 nitrogen and oxygen atoms in total. The molecule has 0 amide bonds. The topological polar surface area (TPSA) is 51.6 Å². The van der Waals surface area contributed by atoms with E-state index < -0.39 is 0 Å². The minimum Gasteiger partial charge on any atom is -0.490 e. The predicted molar refractivity (Wildman–Crippen MR) is 106 cm³/mol. The van der Waals surface area contributed by atoms with Gasteiger partial charge in [0.2, 0.25) is 0 Å². The number of fused-ring (bicyclic) bond motifs is 1. The van der Waals surface area contributed by atoms with E-state index in [1.54, 1.807) is 0 Å². The summed E-state index contributed by atoms with van der Waals surface area (Å²) in [4.78, 5) is 2.42. The van der Waals surface area contributed by atoms with E-state index in [-0.39, 0.29) is 0 Å². The van der Waals surface area contributed by atoms with Gasteiger partial charge < -0.3 is 19.7 Å². The summed E-state index contributed by atoms with van der Waals surface area (Å²) in [6, 6.07) is 6.14. The molecule has 2 aliphatic heterocycles. The van der Waals surface area contributed by atoms with Crippen molar-refractivity contribution in [3.8, 4) is 22.8 Å². The molecule has 0 radical (unpaired) electrons. The second kappa shape index (κ2) is 8.31. The van der Waals surface area contributed by atoms with Gasteiger partial charge in [0.25, 0.3) is 0 Å². The maximum atomic E-state index is 5.85. The van der Waals surface area contributed by atoms with Gasteiger partial charge in [-0.15, -0.1) is 0 Å². The van der Waals surface area contributed by atoms with Gasteiger partial charge in [0, 0.05) is 37.3 Å². The van der Waals surface area contributed by atoms with Crippen LogP contribution >= 0.6 is 0 Å². The van der Waals surface area contributed by atoms with Gasteiger partial charge in [0.15, 0.2) is 11.5 Å². The fraction of sp³-hybridized carbons (Fsp3) is 0.571. The van der Waals surface area contributed by atoms with Crippen LogP contribution in [-0.4, -0.2) is 54.6 Å². The molecule has 1 saturated heterocycles. The molecule has 0 spiro atoms. The summed E-state index contributed by atoms with van der Waals surface area (Å²) in [5.41, 5.74) is 3.32. The molecule has 27 heavy (non-hydrogen) atoms. The molecule has 2 aliphatic rings. The van der Waals surface area contributed by atoms with E-state index in [0.717, 1.165) is 48.2 Å². The molecule has 0 atom stereocenters. The van der Waals surface area contributed by atoms with E-state index in [1.165, 1.54) is 31.5 Å². The van der Waals surface area contributed by atoms with Gasteiger partial charge in [-0.1, -0.05) is 0 Å². The summed E-state index contributed by atoms with van der Waals surface area (Å²) in [5.74, 6) is 2.43.